The molecule has 0 aliphatic carbocycles. The van der Waals surface area contributed by atoms with E-state index in [1.807, 2.05) is 0 Å². The third-order valence-corrected chi connectivity index (χ3v) is 2.43. The van der Waals surface area contributed by atoms with E-state index in [4.69, 9.17) is 0 Å². The minimum atomic E-state index is -0.368. The quantitative estimate of drug-likeness (QED) is 0.622. The zero-order chi connectivity index (χ0) is 15.6. The highest BCUT2D eigenvalue weighted by Crippen LogP contribution is 1.95. The van der Waals surface area contributed by atoms with Crippen LogP contribution in [-0.2, 0) is 0 Å². The van der Waals surface area contributed by atoms with Crippen molar-refractivity contribution in [2.24, 2.45) is 10.2 Å². The van der Waals surface area contributed by atoms with Crippen molar-refractivity contribution in [1.29, 1.82) is 0 Å². The largest absolute Gasteiger partial charge is 0.271 e. The molecule has 0 radical (unpaired) electrons. The van der Waals surface area contributed by atoms with Gasteiger partial charge >= 0.3 is 0 Å². The topological polar surface area (TPSA) is 109 Å². The number of rotatable bonds is 5. The van der Waals surface area contributed by atoms with Gasteiger partial charge in [-0.3, -0.25) is 19.6 Å². The number of carbonyl (C=O) groups is 2. The zero-order valence-corrected chi connectivity index (χ0v) is 11.4. The number of pyridine rings is 2. The van der Waals surface area contributed by atoms with Crippen molar-refractivity contribution in [2.45, 2.75) is 0 Å². The number of carbonyl (C=O) groups excluding carboxylic acids is 2. The average molecular weight is 296 g/mol. The Bertz CT molecular complexity index is 623. The maximum atomic E-state index is 11.6. The van der Waals surface area contributed by atoms with Crippen LogP contribution in [0.4, 0.5) is 0 Å². The Morgan fingerprint density at radius 2 is 1.14 bits per heavy atom. The Labute approximate surface area is 126 Å². The molecular weight excluding hydrogens is 284 g/mol. The van der Waals surface area contributed by atoms with Gasteiger partial charge in [0.1, 0.15) is 0 Å². The van der Waals surface area contributed by atoms with E-state index in [1.165, 1.54) is 37.2 Å². The molecule has 8 heteroatoms. The molecule has 2 rings (SSSR count). The Balaban J connectivity index is 1.76. The molecule has 0 spiro atoms. The number of aromatic nitrogens is 2. The fraction of sp³-hybridized carbons (Fsp3) is 0. The van der Waals surface area contributed by atoms with Gasteiger partial charge < -0.3 is 0 Å². The second-order valence-corrected chi connectivity index (χ2v) is 3.91. The fourth-order valence-corrected chi connectivity index (χ4v) is 1.39. The maximum Gasteiger partial charge on any atom is 0.271 e. The molecule has 110 valence electrons. The third-order valence-electron chi connectivity index (χ3n) is 2.43. The van der Waals surface area contributed by atoms with Crippen molar-refractivity contribution in [3.05, 3.63) is 60.2 Å². The normalized spacial score (nSPS) is 10.7. The minimum absolute atomic E-state index is 0.368. The Kier molecular flexibility index (Phi) is 5.45. The van der Waals surface area contributed by atoms with Gasteiger partial charge in [-0.2, -0.15) is 10.2 Å². The molecule has 0 bridgehead atoms. The van der Waals surface area contributed by atoms with E-state index in [0.717, 1.165) is 0 Å². The van der Waals surface area contributed by atoms with Crippen LogP contribution in [0.15, 0.2) is 59.3 Å². The molecular formula is C14H12N6O2. The summed E-state index contributed by atoms with van der Waals surface area (Å²) in [6.07, 6.45) is 8.52. The molecule has 2 aromatic heterocycles. The van der Waals surface area contributed by atoms with Crippen molar-refractivity contribution in [3.63, 3.8) is 0 Å². The van der Waals surface area contributed by atoms with E-state index in [9.17, 15) is 9.59 Å². The predicted molar refractivity (Wildman–Crippen MR) is 80.4 cm³/mol. The van der Waals surface area contributed by atoms with Crippen LogP contribution in [-0.4, -0.2) is 34.2 Å². The monoisotopic (exact) mass is 296 g/mol. The predicted octanol–water partition coefficient (Wildman–Crippen LogP) is 0.608. The molecule has 0 saturated carbocycles. The number of amides is 2. The van der Waals surface area contributed by atoms with Crippen LogP contribution in [0.3, 0.4) is 0 Å². The smallest absolute Gasteiger partial charge is 0.267 e. The first kappa shape index (κ1) is 15.0. The van der Waals surface area contributed by atoms with E-state index < -0.39 is 0 Å². The molecule has 0 unspecified atom stereocenters. The van der Waals surface area contributed by atoms with Gasteiger partial charge in [-0.1, -0.05) is 0 Å². The molecule has 0 saturated heterocycles. The highest BCUT2D eigenvalue weighted by Gasteiger charge is 2.02. The second-order valence-electron chi connectivity index (χ2n) is 3.91. The summed E-state index contributed by atoms with van der Waals surface area (Å²) >= 11 is 0. The maximum absolute atomic E-state index is 11.6. The van der Waals surface area contributed by atoms with Gasteiger partial charge in [-0.25, -0.2) is 10.9 Å². The highest BCUT2D eigenvalue weighted by atomic mass is 16.2. The Morgan fingerprint density at radius 1 is 0.773 bits per heavy atom. The molecule has 2 aromatic rings. The first-order chi connectivity index (χ1) is 10.8. The molecule has 0 aliphatic rings. The molecule has 2 N–H and O–H groups in total. The lowest BCUT2D eigenvalue weighted by Crippen LogP contribution is -2.19. The molecule has 8 nitrogen and oxygen atoms in total. The standard InChI is InChI=1S/C14H12N6O2/c21-13(11-1-5-15-6-2-11)19-17-9-10-18-20-14(22)12-3-7-16-8-4-12/h1-10H,(H,19,21)(H,20,22)/b17-9-,18-10-. The third kappa shape index (κ3) is 4.60. The van der Waals surface area contributed by atoms with E-state index in [2.05, 4.69) is 31.0 Å². The first-order valence-electron chi connectivity index (χ1n) is 6.23. The number of hydrogen-bond donors (Lipinski definition) is 2. The van der Waals surface area contributed by atoms with Crippen molar-refractivity contribution >= 4 is 24.2 Å². The van der Waals surface area contributed by atoms with Crippen molar-refractivity contribution in [1.82, 2.24) is 20.8 Å². The molecule has 0 fully saturated rings. The van der Waals surface area contributed by atoms with Crippen LogP contribution in [0.2, 0.25) is 0 Å². The summed E-state index contributed by atoms with van der Waals surface area (Å²) in [5, 5.41) is 7.32. The van der Waals surface area contributed by atoms with Gasteiger partial charge in [0.15, 0.2) is 0 Å². The van der Waals surface area contributed by atoms with Crippen LogP contribution in [0.25, 0.3) is 0 Å². The van der Waals surface area contributed by atoms with Gasteiger partial charge in [0, 0.05) is 35.9 Å². The highest BCUT2D eigenvalue weighted by molar-refractivity contribution is 6.16. The van der Waals surface area contributed by atoms with E-state index >= 15 is 0 Å². The SMILES string of the molecule is O=C(N/N=C\C=N/NC(=O)c1ccncc1)c1ccncc1. The lowest BCUT2D eigenvalue weighted by molar-refractivity contribution is 0.0946. The molecule has 0 atom stereocenters. The second kappa shape index (κ2) is 8.00. The Morgan fingerprint density at radius 3 is 1.50 bits per heavy atom. The van der Waals surface area contributed by atoms with Gasteiger partial charge in [0.2, 0.25) is 0 Å². The molecule has 2 amide bonds. The zero-order valence-electron chi connectivity index (χ0n) is 11.4. The molecule has 0 aliphatic heterocycles. The van der Waals surface area contributed by atoms with Crippen LogP contribution < -0.4 is 10.9 Å². The summed E-state index contributed by atoms with van der Waals surface area (Å²) < 4.78 is 0. The fourth-order valence-electron chi connectivity index (χ4n) is 1.39. The van der Waals surface area contributed by atoms with Crippen LogP contribution in [0.1, 0.15) is 20.7 Å². The van der Waals surface area contributed by atoms with Gasteiger partial charge in [0.05, 0.1) is 12.4 Å². The van der Waals surface area contributed by atoms with Crippen molar-refractivity contribution in [2.75, 3.05) is 0 Å². The van der Waals surface area contributed by atoms with Crippen molar-refractivity contribution < 1.29 is 9.59 Å². The molecule has 2 heterocycles. The lowest BCUT2D eigenvalue weighted by Gasteiger charge is -1.98. The minimum Gasteiger partial charge on any atom is -0.267 e. The Hall–Kier alpha value is -3.42. The van der Waals surface area contributed by atoms with Crippen LogP contribution in [0.5, 0.6) is 0 Å². The van der Waals surface area contributed by atoms with Gasteiger partial charge in [0.25, 0.3) is 11.8 Å². The number of nitrogens with one attached hydrogen (secondary N) is 2. The number of nitrogens with zero attached hydrogens (tertiary/aromatic N) is 4. The van der Waals surface area contributed by atoms with E-state index in [1.54, 1.807) is 24.3 Å². The number of hydrogen-bond acceptors (Lipinski definition) is 6. The van der Waals surface area contributed by atoms with Crippen LogP contribution >= 0.6 is 0 Å². The van der Waals surface area contributed by atoms with E-state index in [0.29, 0.717) is 11.1 Å². The molecule has 0 aromatic carbocycles. The number of hydrazone groups is 2. The summed E-state index contributed by atoms with van der Waals surface area (Å²) in [5.41, 5.74) is 5.50. The summed E-state index contributed by atoms with van der Waals surface area (Å²) in [6.45, 7) is 0. The van der Waals surface area contributed by atoms with E-state index in [-0.39, 0.29) is 11.8 Å². The summed E-state index contributed by atoms with van der Waals surface area (Å²) in [7, 11) is 0. The molecule has 22 heavy (non-hydrogen) atoms. The summed E-state index contributed by atoms with van der Waals surface area (Å²) in [5.74, 6) is -0.735. The first-order valence-corrected chi connectivity index (χ1v) is 6.23. The summed E-state index contributed by atoms with van der Waals surface area (Å²) in [6, 6.07) is 6.25. The van der Waals surface area contributed by atoms with Crippen LogP contribution in [0, 0.1) is 0 Å². The lowest BCUT2D eigenvalue weighted by atomic mass is 10.3. The van der Waals surface area contributed by atoms with Gasteiger partial charge in [-0.05, 0) is 24.3 Å². The average Bonchev–Trinajstić information content (AvgIpc) is 2.59. The van der Waals surface area contributed by atoms with Gasteiger partial charge in [-0.15, -0.1) is 0 Å². The van der Waals surface area contributed by atoms with Crippen molar-refractivity contribution in [3.8, 4) is 0 Å². The summed E-state index contributed by atoms with van der Waals surface area (Å²) in [4.78, 5) is 30.8.